The van der Waals surface area contributed by atoms with Crippen LogP contribution in [0.3, 0.4) is 0 Å². The molecule has 0 aromatic heterocycles. The molecule has 0 aliphatic carbocycles. The molecule has 0 saturated carbocycles. The molecule has 0 unspecified atom stereocenters. The second-order valence-corrected chi connectivity index (χ2v) is 8.59. The number of carbonyl (C=O) groups excluding carboxylic acids is 1. The number of rotatable bonds is 9. The van der Waals surface area contributed by atoms with E-state index in [1.165, 1.54) is 12.8 Å². The number of hydrogen-bond donors (Lipinski definition) is 0. The summed E-state index contributed by atoms with van der Waals surface area (Å²) in [6.45, 7) is 2.17. The molecule has 0 radical (unpaired) electrons. The van der Waals surface area contributed by atoms with E-state index < -0.39 is 7.14 Å². The summed E-state index contributed by atoms with van der Waals surface area (Å²) in [6.07, 6.45) is 5.77. The normalized spacial score (nSPS) is 11.3. The zero-order valence-corrected chi connectivity index (χ0v) is 14.7. The number of hydrogen-bond acceptors (Lipinski definition) is 2. The van der Waals surface area contributed by atoms with Crippen LogP contribution in [-0.2, 0) is 9.36 Å². The average Bonchev–Trinajstić information content (AvgIpc) is 2.62. The Kier molecular flexibility index (Phi) is 6.80. The topological polar surface area (TPSA) is 34.1 Å². The Balaban J connectivity index is 2.21. The van der Waals surface area contributed by atoms with E-state index in [9.17, 15) is 9.36 Å². The van der Waals surface area contributed by atoms with Gasteiger partial charge in [-0.05, 0) is 6.42 Å². The summed E-state index contributed by atoms with van der Waals surface area (Å²) >= 11 is 0. The number of unbranched alkanes of at least 4 members (excludes halogenated alkanes) is 4. The molecule has 0 saturated heterocycles. The molecule has 0 atom stereocenters. The summed E-state index contributed by atoms with van der Waals surface area (Å²) in [5.41, 5.74) is -0.119. The fourth-order valence-electron chi connectivity index (χ4n) is 2.75. The van der Waals surface area contributed by atoms with Gasteiger partial charge in [0.25, 0.3) is 0 Å². The minimum Gasteiger partial charge on any atom is -0.306 e. The minimum absolute atomic E-state index is 0.119. The lowest BCUT2D eigenvalue weighted by atomic mass is 10.1. The van der Waals surface area contributed by atoms with E-state index in [0.717, 1.165) is 19.3 Å². The van der Waals surface area contributed by atoms with Crippen LogP contribution in [0.2, 0.25) is 0 Å². The molecule has 2 nitrogen and oxygen atoms in total. The standard InChI is InChI=1S/C20H25O2P/c1-2-3-4-5-12-17-20(21)23(22,18-13-8-6-9-14-18)19-15-10-7-11-16-19/h6-11,13-16H,2-5,12,17H2,1H3. The van der Waals surface area contributed by atoms with E-state index in [1.807, 2.05) is 60.7 Å². The van der Waals surface area contributed by atoms with Crippen molar-refractivity contribution in [1.82, 2.24) is 0 Å². The molecule has 23 heavy (non-hydrogen) atoms. The van der Waals surface area contributed by atoms with Gasteiger partial charge in [0.15, 0.2) is 5.52 Å². The Labute approximate surface area is 139 Å². The van der Waals surface area contributed by atoms with E-state index in [1.54, 1.807) is 0 Å². The van der Waals surface area contributed by atoms with Crippen molar-refractivity contribution in [3.8, 4) is 0 Å². The molecular formula is C20H25O2P. The predicted molar refractivity (Wildman–Crippen MR) is 98.1 cm³/mol. The molecule has 2 aromatic rings. The molecular weight excluding hydrogens is 303 g/mol. The van der Waals surface area contributed by atoms with Crippen LogP contribution < -0.4 is 10.6 Å². The summed E-state index contributed by atoms with van der Waals surface area (Å²) < 4.78 is 13.7. The van der Waals surface area contributed by atoms with E-state index in [2.05, 4.69) is 6.92 Å². The van der Waals surface area contributed by atoms with Gasteiger partial charge in [-0.2, -0.15) is 0 Å². The molecule has 0 aliphatic rings. The summed E-state index contributed by atoms with van der Waals surface area (Å²) in [6, 6.07) is 18.4. The quantitative estimate of drug-likeness (QED) is 0.485. The lowest BCUT2D eigenvalue weighted by molar-refractivity contribution is -0.111. The van der Waals surface area contributed by atoms with Crippen molar-refractivity contribution in [1.29, 1.82) is 0 Å². The lowest BCUT2D eigenvalue weighted by Gasteiger charge is -2.18. The SMILES string of the molecule is CCCCCCCC(=O)P(=O)(c1ccccc1)c1ccccc1. The maximum Gasteiger partial charge on any atom is 0.205 e. The maximum absolute atomic E-state index is 13.7. The van der Waals surface area contributed by atoms with Crippen LogP contribution in [0.4, 0.5) is 0 Å². The van der Waals surface area contributed by atoms with Crippen LogP contribution >= 0.6 is 7.14 Å². The van der Waals surface area contributed by atoms with Crippen LogP contribution in [0.5, 0.6) is 0 Å². The Bertz CT molecular complexity index is 606. The number of benzene rings is 2. The van der Waals surface area contributed by atoms with Crippen LogP contribution in [-0.4, -0.2) is 5.52 Å². The first-order valence-corrected chi connectivity index (χ1v) is 10.1. The van der Waals surface area contributed by atoms with E-state index in [0.29, 0.717) is 17.0 Å². The summed E-state index contributed by atoms with van der Waals surface area (Å²) in [7, 11) is -3.21. The first kappa shape index (κ1) is 17.7. The highest BCUT2D eigenvalue weighted by Crippen LogP contribution is 2.45. The Hall–Kier alpha value is -1.66. The van der Waals surface area contributed by atoms with Crippen molar-refractivity contribution in [3.63, 3.8) is 0 Å². The molecule has 2 rings (SSSR count). The van der Waals surface area contributed by atoms with Crippen molar-refractivity contribution in [2.75, 3.05) is 0 Å². The second-order valence-electron chi connectivity index (χ2n) is 5.84. The van der Waals surface area contributed by atoms with Crippen molar-refractivity contribution < 1.29 is 9.36 Å². The van der Waals surface area contributed by atoms with Crippen molar-refractivity contribution in [2.24, 2.45) is 0 Å². The molecule has 122 valence electrons. The number of carbonyl (C=O) groups is 1. The van der Waals surface area contributed by atoms with Crippen molar-refractivity contribution >= 4 is 23.3 Å². The van der Waals surface area contributed by atoms with Crippen LogP contribution in [0.25, 0.3) is 0 Å². The molecule has 3 heteroatoms. The van der Waals surface area contributed by atoms with Crippen LogP contribution in [0, 0.1) is 0 Å². The first-order chi connectivity index (χ1) is 11.2. The molecule has 0 N–H and O–H groups in total. The van der Waals surface area contributed by atoms with Crippen LogP contribution in [0.15, 0.2) is 60.7 Å². The van der Waals surface area contributed by atoms with E-state index in [-0.39, 0.29) is 5.52 Å². The smallest absolute Gasteiger partial charge is 0.205 e. The third kappa shape index (κ3) is 4.42. The van der Waals surface area contributed by atoms with Gasteiger partial charge in [-0.1, -0.05) is 93.3 Å². The van der Waals surface area contributed by atoms with Gasteiger partial charge in [0, 0.05) is 17.0 Å². The molecule has 0 spiro atoms. The highest BCUT2D eigenvalue weighted by Gasteiger charge is 2.34. The third-order valence-corrected chi connectivity index (χ3v) is 7.06. The lowest BCUT2D eigenvalue weighted by Crippen LogP contribution is -2.22. The van der Waals surface area contributed by atoms with Gasteiger partial charge in [0.1, 0.15) is 0 Å². The van der Waals surface area contributed by atoms with Gasteiger partial charge in [-0.15, -0.1) is 0 Å². The maximum atomic E-state index is 13.7. The molecule has 2 aromatic carbocycles. The molecule has 0 bridgehead atoms. The molecule has 0 heterocycles. The zero-order chi connectivity index (χ0) is 16.5. The predicted octanol–water partition coefficient (Wildman–Crippen LogP) is 4.89. The van der Waals surface area contributed by atoms with Crippen molar-refractivity contribution in [2.45, 2.75) is 45.4 Å². The average molecular weight is 328 g/mol. The van der Waals surface area contributed by atoms with Crippen molar-refractivity contribution in [3.05, 3.63) is 60.7 Å². The molecule has 0 fully saturated rings. The zero-order valence-electron chi connectivity index (χ0n) is 13.8. The summed E-state index contributed by atoms with van der Waals surface area (Å²) in [5, 5.41) is 1.29. The Morgan fingerprint density at radius 2 is 1.26 bits per heavy atom. The Morgan fingerprint density at radius 1 is 0.783 bits per heavy atom. The third-order valence-electron chi connectivity index (χ3n) is 4.09. The highest BCUT2D eigenvalue weighted by molar-refractivity contribution is 7.93. The summed E-state index contributed by atoms with van der Waals surface area (Å²) in [5.74, 6) is 0. The van der Waals surface area contributed by atoms with Gasteiger partial charge < -0.3 is 4.57 Å². The fraction of sp³-hybridized carbons (Fsp3) is 0.350. The highest BCUT2D eigenvalue weighted by atomic mass is 31.2. The van der Waals surface area contributed by atoms with Gasteiger partial charge >= 0.3 is 0 Å². The first-order valence-electron chi connectivity index (χ1n) is 8.44. The molecule has 0 aliphatic heterocycles. The Morgan fingerprint density at radius 3 is 1.74 bits per heavy atom. The van der Waals surface area contributed by atoms with Gasteiger partial charge in [-0.3, -0.25) is 4.79 Å². The van der Waals surface area contributed by atoms with Gasteiger partial charge in [0.2, 0.25) is 7.14 Å². The second kappa shape index (κ2) is 8.84. The minimum atomic E-state index is -3.21. The van der Waals surface area contributed by atoms with Gasteiger partial charge in [-0.25, -0.2) is 0 Å². The van der Waals surface area contributed by atoms with Crippen LogP contribution in [0.1, 0.15) is 45.4 Å². The fourth-order valence-corrected chi connectivity index (χ4v) is 5.28. The van der Waals surface area contributed by atoms with E-state index >= 15 is 0 Å². The van der Waals surface area contributed by atoms with E-state index in [4.69, 9.17) is 0 Å². The molecule has 0 amide bonds. The monoisotopic (exact) mass is 328 g/mol. The summed E-state index contributed by atoms with van der Waals surface area (Å²) in [4.78, 5) is 12.8. The van der Waals surface area contributed by atoms with Gasteiger partial charge in [0.05, 0.1) is 0 Å². The largest absolute Gasteiger partial charge is 0.306 e.